The number of anilines is 1. The number of nitrogens with zero attached hydrogens (tertiary/aromatic N) is 2. The molecule has 0 aromatic carbocycles. The lowest BCUT2D eigenvalue weighted by Crippen LogP contribution is -2.26. The van der Waals surface area contributed by atoms with Gasteiger partial charge in [-0.15, -0.1) is 0 Å². The zero-order valence-electron chi connectivity index (χ0n) is 11.4. The first-order valence-electron chi connectivity index (χ1n) is 6.38. The van der Waals surface area contributed by atoms with Crippen LogP contribution in [-0.4, -0.2) is 22.4 Å². The van der Waals surface area contributed by atoms with Gasteiger partial charge in [0.1, 0.15) is 5.69 Å². The van der Waals surface area contributed by atoms with Gasteiger partial charge in [-0.2, -0.15) is 0 Å². The van der Waals surface area contributed by atoms with E-state index < -0.39 is 0 Å². The summed E-state index contributed by atoms with van der Waals surface area (Å²) in [6.07, 6.45) is 3.31. The molecule has 0 aliphatic carbocycles. The number of hydrogen-bond donors (Lipinski definition) is 2. The number of amides is 1. The van der Waals surface area contributed by atoms with Gasteiger partial charge in [0.15, 0.2) is 0 Å². The molecule has 1 heterocycles. The molecule has 0 saturated heterocycles. The van der Waals surface area contributed by atoms with Gasteiger partial charge in [-0.05, 0) is 25.3 Å². The maximum Gasteiger partial charge on any atom is 0.270 e. The van der Waals surface area contributed by atoms with Crippen molar-refractivity contribution >= 4 is 11.9 Å². The van der Waals surface area contributed by atoms with Crippen LogP contribution in [0.1, 0.15) is 49.3 Å². The highest BCUT2D eigenvalue weighted by molar-refractivity contribution is 5.92. The Labute approximate surface area is 108 Å². The van der Waals surface area contributed by atoms with Crippen molar-refractivity contribution in [3.63, 3.8) is 0 Å². The molecule has 5 heteroatoms. The average molecular weight is 250 g/mol. The number of nitrogen functional groups attached to an aromatic ring is 1. The zero-order valence-corrected chi connectivity index (χ0v) is 11.4. The SMILES string of the molecule is Cc1cc(C(=O)NCCCCC(C)C)nc(N)n1. The van der Waals surface area contributed by atoms with Crippen LogP contribution in [0.25, 0.3) is 0 Å². The summed E-state index contributed by atoms with van der Waals surface area (Å²) in [7, 11) is 0. The molecule has 5 nitrogen and oxygen atoms in total. The largest absolute Gasteiger partial charge is 0.368 e. The summed E-state index contributed by atoms with van der Waals surface area (Å²) in [5.41, 5.74) is 6.54. The summed E-state index contributed by atoms with van der Waals surface area (Å²) >= 11 is 0. The van der Waals surface area contributed by atoms with Crippen molar-refractivity contribution < 1.29 is 4.79 Å². The number of carbonyl (C=O) groups excluding carboxylic acids is 1. The maximum absolute atomic E-state index is 11.8. The minimum atomic E-state index is -0.184. The van der Waals surface area contributed by atoms with Gasteiger partial charge in [-0.25, -0.2) is 9.97 Å². The van der Waals surface area contributed by atoms with Crippen molar-refractivity contribution in [3.05, 3.63) is 17.5 Å². The minimum absolute atomic E-state index is 0.139. The summed E-state index contributed by atoms with van der Waals surface area (Å²) in [5.74, 6) is 0.668. The number of nitrogens with two attached hydrogens (primary N) is 1. The molecule has 1 aromatic rings. The zero-order chi connectivity index (χ0) is 13.5. The molecule has 18 heavy (non-hydrogen) atoms. The summed E-state index contributed by atoms with van der Waals surface area (Å²) in [6.45, 7) is 6.86. The van der Waals surface area contributed by atoms with Crippen LogP contribution < -0.4 is 11.1 Å². The molecule has 100 valence electrons. The molecule has 1 amide bonds. The van der Waals surface area contributed by atoms with Crippen LogP contribution in [0.4, 0.5) is 5.95 Å². The highest BCUT2D eigenvalue weighted by Gasteiger charge is 2.08. The molecular formula is C13H22N4O. The Morgan fingerprint density at radius 3 is 2.72 bits per heavy atom. The third-order valence-corrected chi connectivity index (χ3v) is 2.60. The molecule has 1 aromatic heterocycles. The van der Waals surface area contributed by atoms with Gasteiger partial charge in [0.25, 0.3) is 5.91 Å². The van der Waals surface area contributed by atoms with Crippen molar-refractivity contribution in [2.45, 2.75) is 40.0 Å². The predicted octanol–water partition coefficient (Wildman–Crippen LogP) is 1.92. The fourth-order valence-electron chi connectivity index (χ4n) is 1.68. The van der Waals surface area contributed by atoms with Crippen LogP contribution in [0.3, 0.4) is 0 Å². The average Bonchev–Trinajstić information content (AvgIpc) is 2.26. The Morgan fingerprint density at radius 1 is 1.39 bits per heavy atom. The smallest absolute Gasteiger partial charge is 0.270 e. The van der Waals surface area contributed by atoms with Gasteiger partial charge in [0, 0.05) is 12.2 Å². The van der Waals surface area contributed by atoms with Crippen LogP contribution in [0.2, 0.25) is 0 Å². The van der Waals surface area contributed by atoms with E-state index >= 15 is 0 Å². The minimum Gasteiger partial charge on any atom is -0.368 e. The van der Waals surface area contributed by atoms with E-state index in [-0.39, 0.29) is 11.9 Å². The van der Waals surface area contributed by atoms with Crippen molar-refractivity contribution in [2.75, 3.05) is 12.3 Å². The number of aromatic nitrogens is 2. The van der Waals surface area contributed by atoms with Crippen molar-refractivity contribution in [1.29, 1.82) is 0 Å². The second-order valence-electron chi connectivity index (χ2n) is 4.90. The van der Waals surface area contributed by atoms with Crippen molar-refractivity contribution in [3.8, 4) is 0 Å². The fraction of sp³-hybridized carbons (Fsp3) is 0.615. The fourth-order valence-corrected chi connectivity index (χ4v) is 1.68. The molecule has 0 fully saturated rings. The molecule has 0 atom stereocenters. The van der Waals surface area contributed by atoms with Crippen molar-refractivity contribution in [1.82, 2.24) is 15.3 Å². The molecule has 3 N–H and O–H groups in total. The van der Waals surface area contributed by atoms with E-state index in [0.717, 1.165) is 12.8 Å². The number of nitrogens with one attached hydrogen (secondary N) is 1. The van der Waals surface area contributed by atoms with Crippen LogP contribution >= 0.6 is 0 Å². The first kappa shape index (κ1) is 14.4. The van der Waals surface area contributed by atoms with E-state index in [1.54, 1.807) is 13.0 Å². The number of carbonyl (C=O) groups is 1. The lowest BCUT2D eigenvalue weighted by Gasteiger charge is -2.07. The van der Waals surface area contributed by atoms with E-state index in [9.17, 15) is 4.79 Å². The summed E-state index contributed by atoms with van der Waals surface area (Å²) in [6, 6.07) is 1.64. The Morgan fingerprint density at radius 2 is 2.11 bits per heavy atom. The van der Waals surface area contributed by atoms with Gasteiger partial charge < -0.3 is 11.1 Å². The van der Waals surface area contributed by atoms with E-state index in [1.165, 1.54) is 6.42 Å². The molecule has 0 aliphatic rings. The Kier molecular flexibility index (Phi) is 5.55. The molecule has 0 bridgehead atoms. The highest BCUT2D eigenvalue weighted by Crippen LogP contribution is 2.05. The number of rotatable bonds is 6. The maximum atomic E-state index is 11.8. The lowest BCUT2D eigenvalue weighted by molar-refractivity contribution is 0.0947. The molecule has 0 spiro atoms. The second-order valence-corrected chi connectivity index (χ2v) is 4.90. The quantitative estimate of drug-likeness (QED) is 0.756. The predicted molar refractivity (Wildman–Crippen MR) is 72.2 cm³/mol. The molecule has 0 saturated carbocycles. The molecule has 0 unspecified atom stereocenters. The van der Waals surface area contributed by atoms with Gasteiger partial charge in [0.05, 0.1) is 0 Å². The van der Waals surface area contributed by atoms with Crippen molar-refractivity contribution in [2.24, 2.45) is 5.92 Å². The van der Waals surface area contributed by atoms with Crippen LogP contribution in [-0.2, 0) is 0 Å². The highest BCUT2D eigenvalue weighted by atomic mass is 16.1. The van der Waals surface area contributed by atoms with E-state index in [0.29, 0.717) is 23.9 Å². The summed E-state index contributed by atoms with van der Waals surface area (Å²) in [4.78, 5) is 19.6. The van der Waals surface area contributed by atoms with Crippen LogP contribution in [0, 0.1) is 12.8 Å². The van der Waals surface area contributed by atoms with Crippen LogP contribution in [0.5, 0.6) is 0 Å². The molecule has 0 aliphatic heterocycles. The van der Waals surface area contributed by atoms with Gasteiger partial charge in [0.2, 0.25) is 5.95 Å². The van der Waals surface area contributed by atoms with E-state index in [4.69, 9.17) is 5.73 Å². The van der Waals surface area contributed by atoms with Crippen LogP contribution in [0.15, 0.2) is 6.07 Å². The summed E-state index contributed by atoms with van der Waals surface area (Å²) in [5, 5.41) is 2.84. The second kappa shape index (κ2) is 6.93. The summed E-state index contributed by atoms with van der Waals surface area (Å²) < 4.78 is 0. The Balaban J connectivity index is 2.36. The third-order valence-electron chi connectivity index (χ3n) is 2.60. The third kappa shape index (κ3) is 5.12. The first-order chi connectivity index (χ1) is 8.49. The normalized spacial score (nSPS) is 10.7. The standard InChI is InChI=1S/C13H22N4O/c1-9(2)6-4-5-7-15-12(18)11-8-10(3)16-13(14)17-11/h8-9H,4-7H2,1-3H3,(H,15,18)(H2,14,16,17). The number of unbranched alkanes of at least 4 members (excludes halogenated alkanes) is 1. The Hall–Kier alpha value is -1.65. The topological polar surface area (TPSA) is 80.9 Å². The van der Waals surface area contributed by atoms with Gasteiger partial charge in [-0.3, -0.25) is 4.79 Å². The lowest BCUT2D eigenvalue weighted by atomic mass is 10.1. The Bertz CT molecular complexity index is 384. The molecule has 0 radical (unpaired) electrons. The van der Waals surface area contributed by atoms with Gasteiger partial charge >= 0.3 is 0 Å². The molecular weight excluding hydrogens is 228 g/mol. The van der Waals surface area contributed by atoms with E-state index in [2.05, 4.69) is 29.1 Å². The molecule has 1 rings (SSSR count). The monoisotopic (exact) mass is 250 g/mol. The number of hydrogen-bond acceptors (Lipinski definition) is 4. The first-order valence-corrected chi connectivity index (χ1v) is 6.38. The number of aryl methyl sites for hydroxylation is 1. The van der Waals surface area contributed by atoms with E-state index in [1.807, 2.05) is 0 Å². The van der Waals surface area contributed by atoms with Gasteiger partial charge in [-0.1, -0.05) is 26.7 Å².